The van der Waals surface area contributed by atoms with Crippen LogP contribution < -0.4 is 0 Å². The second kappa shape index (κ2) is 3.41. The van der Waals surface area contributed by atoms with Crippen LogP contribution >= 0.6 is 0 Å². The summed E-state index contributed by atoms with van der Waals surface area (Å²) in [5.74, 6) is -0.130. The maximum absolute atomic E-state index is 12.5. The number of alkyl halides is 3. The van der Waals surface area contributed by atoms with E-state index in [0.29, 0.717) is 6.92 Å². The minimum Gasteiger partial charge on any atom is -0.508 e. The topological polar surface area (TPSA) is 40.5 Å². The molecule has 1 aromatic rings. The molecule has 0 aliphatic rings. The number of benzene rings is 1. The van der Waals surface area contributed by atoms with Crippen molar-refractivity contribution in [2.45, 2.75) is 25.6 Å². The third-order valence-corrected chi connectivity index (χ3v) is 2.29. The molecule has 0 fully saturated rings. The van der Waals surface area contributed by atoms with E-state index in [2.05, 4.69) is 0 Å². The van der Waals surface area contributed by atoms with Gasteiger partial charge in [0.1, 0.15) is 5.75 Å². The summed E-state index contributed by atoms with van der Waals surface area (Å²) in [6.07, 6.45) is -4.74. The minimum absolute atomic E-state index is 0.130. The highest BCUT2D eigenvalue weighted by molar-refractivity contribution is 5.37. The van der Waals surface area contributed by atoms with Crippen molar-refractivity contribution >= 4 is 0 Å². The molecule has 0 saturated carbocycles. The molecular weight excluding hydrogens is 209 g/mol. The average molecular weight is 220 g/mol. The normalized spacial score (nSPS) is 16.1. The van der Waals surface area contributed by atoms with Gasteiger partial charge in [0.05, 0.1) is 0 Å². The molecule has 1 unspecified atom stereocenters. The molecule has 1 aromatic carbocycles. The Hall–Kier alpha value is -1.23. The van der Waals surface area contributed by atoms with Crippen LogP contribution in [0.5, 0.6) is 5.75 Å². The van der Waals surface area contributed by atoms with E-state index in [9.17, 15) is 18.3 Å². The number of phenolic OH excluding ortho intramolecular Hbond substituents is 1. The van der Waals surface area contributed by atoms with Crippen molar-refractivity contribution in [3.8, 4) is 5.75 Å². The second-order valence-electron chi connectivity index (χ2n) is 3.57. The summed E-state index contributed by atoms with van der Waals surface area (Å²) >= 11 is 0. The summed E-state index contributed by atoms with van der Waals surface area (Å²) in [6, 6.07) is 3.36. The summed E-state index contributed by atoms with van der Waals surface area (Å²) in [5.41, 5.74) is -2.96. The third kappa shape index (κ3) is 2.07. The molecule has 1 atom stereocenters. The van der Waals surface area contributed by atoms with Gasteiger partial charge in [0.25, 0.3) is 0 Å². The molecule has 0 aliphatic carbocycles. The van der Waals surface area contributed by atoms with Crippen LogP contribution in [0.2, 0.25) is 0 Å². The van der Waals surface area contributed by atoms with Crippen molar-refractivity contribution in [1.29, 1.82) is 0 Å². The van der Waals surface area contributed by atoms with Gasteiger partial charge in [0.15, 0.2) is 5.60 Å². The van der Waals surface area contributed by atoms with E-state index in [1.807, 2.05) is 0 Å². The molecule has 0 bridgehead atoms. The SMILES string of the molecule is Cc1cc(O)ccc1C(C)(O)C(F)(F)F. The van der Waals surface area contributed by atoms with Crippen LogP contribution in [-0.2, 0) is 5.60 Å². The maximum atomic E-state index is 12.5. The van der Waals surface area contributed by atoms with Crippen molar-refractivity contribution in [2.24, 2.45) is 0 Å². The van der Waals surface area contributed by atoms with Gasteiger partial charge in [-0.2, -0.15) is 13.2 Å². The number of phenols is 1. The van der Waals surface area contributed by atoms with E-state index in [1.165, 1.54) is 13.0 Å². The second-order valence-corrected chi connectivity index (χ2v) is 3.57. The van der Waals surface area contributed by atoms with Gasteiger partial charge >= 0.3 is 6.18 Å². The molecule has 0 spiro atoms. The number of aryl methyl sites for hydroxylation is 1. The highest BCUT2D eigenvalue weighted by Crippen LogP contribution is 2.40. The Labute approximate surface area is 85.0 Å². The highest BCUT2D eigenvalue weighted by Gasteiger charge is 2.51. The fourth-order valence-electron chi connectivity index (χ4n) is 1.35. The Balaban J connectivity index is 3.28. The molecule has 0 heterocycles. The molecule has 0 aromatic heterocycles. The molecule has 0 radical (unpaired) electrons. The number of aliphatic hydroxyl groups is 1. The van der Waals surface area contributed by atoms with Crippen LogP contribution in [0, 0.1) is 6.92 Å². The molecule has 5 heteroatoms. The van der Waals surface area contributed by atoms with Gasteiger partial charge in [-0.1, -0.05) is 6.07 Å². The third-order valence-electron chi connectivity index (χ3n) is 2.29. The van der Waals surface area contributed by atoms with Crippen LogP contribution in [-0.4, -0.2) is 16.4 Å². The molecular formula is C10H11F3O2. The van der Waals surface area contributed by atoms with Gasteiger partial charge in [-0.15, -0.1) is 0 Å². The van der Waals surface area contributed by atoms with Gasteiger partial charge in [0, 0.05) is 0 Å². The van der Waals surface area contributed by atoms with Crippen molar-refractivity contribution < 1.29 is 23.4 Å². The summed E-state index contributed by atoms with van der Waals surface area (Å²) in [4.78, 5) is 0. The molecule has 0 amide bonds. The summed E-state index contributed by atoms with van der Waals surface area (Å²) < 4.78 is 37.5. The van der Waals surface area contributed by atoms with Crippen LogP contribution in [0.3, 0.4) is 0 Å². The lowest BCUT2D eigenvalue weighted by molar-refractivity contribution is -0.259. The lowest BCUT2D eigenvalue weighted by Gasteiger charge is -2.28. The molecule has 2 N–H and O–H groups in total. The number of hydrogen-bond acceptors (Lipinski definition) is 2. The predicted octanol–water partition coefficient (Wildman–Crippen LogP) is 2.47. The number of aromatic hydroxyl groups is 1. The van der Waals surface area contributed by atoms with Crippen LogP contribution in [0.15, 0.2) is 18.2 Å². The highest BCUT2D eigenvalue weighted by atomic mass is 19.4. The van der Waals surface area contributed by atoms with E-state index >= 15 is 0 Å². The van der Waals surface area contributed by atoms with Gasteiger partial charge in [-0.05, 0) is 37.1 Å². The summed E-state index contributed by atoms with van der Waals surface area (Å²) in [6.45, 7) is 2.08. The van der Waals surface area contributed by atoms with Crippen molar-refractivity contribution in [1.82, 2.24) is 0 Å². The van der Waals surface area contributed by atoms with E-state index < -0.39 is 11.8 Å². The maximum Gasteiger partial charge on any atom is 0.421 e. The lowest BCUT2D eigenvalue weighted by atomic mass is 9.91. The zero-order chi connectivity index (χ0) is 11.9. The van der Waals surface area contributed by atoms with E-state index in [1.54, 1.807) is 0 Å². The Bertz CT molecular complexity index is 369. The number of hydrogen-bond donors (Lipinski definition) is 2. The van der Waals surface area contributed by atoms with Crippen molar-refractivity contribution in [2.75, 3.05) is 0 Å². The molecule has 0 saturated heterocycles. The van der Waals surface area contributed by atoms with Crippen LogP contribution in [0.1, 0.15) is 18.1 Å². The van der Waals surface area contributed by atoms with Gasteiger partial charge in [-0.3, -0.25) is 0 Å². The van der Waals surface area contributed by atoms with Crippen LogP contribution in [0.4, 0.5) is 13.2 Å². The first-order valence-electron chi connectivity index (χ1n) is 4.25. The molecule has 0 aliphatic heterocycles. The fourth-order valence-corrected chi connectivity index (χ4v) is 1.35. The van der Waals surface area contributed by atoms with Gasteiger partial charge < -0.3 is 10.2 Å². The van der Waals surface area contributed by atoms with Gasteiger partial charge in [0.2, 0.25) is 0 Å². The monoisotopic (exact) mass is 220 g/mol. The first kappa shape index (κ1) is 11.8. The van der Waals surface area contributed by atoms with Crippen molar-refractivity contribution in [3.05, 3.63) is 29.3 Å². The first-order valence-corrected chi connectivity index (χ1v) is 4.25. The Morgan fingerprint density at radius 3 is 2.13 bits per heavy atom. The van der Waals surface area contributed by atoms with Crippen LogP contribution in [0.25, 0.3) is 0 Å². The van der Waals surface area contributed by atoms with E-state index in [4.69, 9.17) is 5.11 Å². The van der Waals surface area contributed by atoms with E-state index in [-0.39, 0.29) is 16.9 Å². The molecule has 15 heavy (non-hydrogen) atoms. The van der Waals surface area contributed by atoms with Crippen molar-refractivity contribution in [3.63, 3.8) is 0 Å². The standard InChI is InChI=1S/C10H11F3O2/c1-6-5-7(14)3-4-8(6)9(2,15)10(11,12)13/h3-5,14-15H,1-2H3. The van der Waals surface area contributed by atoms with Gasteiger partial charge in [-0.25, -0.2) is 0 Å². The largest absolute Gasteiger partial charge is 0.508 e. The molecule has 2 nitrogen and oxygen atoms in total. The Morgan fingerprint density at radius 2 is 1.73 bits per heavy atom. The quantitative estimate of drug-likeness (QED) is 0.763. The molecule has 84 valence electrons. The Morgan fingerprint density at radius 1 is 1.20 bits per heavy atom. The zero-order valence-electron chi connectivity index (χ0n) is 8.26. The predicted molar refractivity (Wildman–Crippen MR) is 48.5 cm³/mol. The number of halogens is 3. The fraction of sp³-hybridized carbons (Fsp3) is 0.400. The Kier molecular flexibility index (Phi) is 2.69. The minimum atomic E-state index is -4.74. The summed E-state index contributed by atoms with van der Waals surface area (Å²) in [5, 5.41) is 18.4. The lowest BCUT2D eigenvalue weighted by Crippen LogP contribution is -2.39. The molecule has 1 rings (SSSR count). The zero-order valence-corrected chi connectivity index (χ0v) is 8.26. The van der Waals surface area contributed by atoms with E-state index in [0.717, 1.165) is 12.1 Å². The first-order chi connectivity index (χ1) is 6.66. The smallest absolute Gasteiger partial charge is 0.421 e. The average Bonchev–Trinajstić information content (AvgIpc) is 2.00. The number of rotatable bonds is 1. The summed E-state index contributed by atoms with van der Waals surface area (Å²) in [7, 11) is 0.